The van der Waals surface area contributed by atoms with Crippen molar-refractivity contribution in [1.82, 2.24) is 4.90 Å². The van der Waals surface area contributed by atoms with E-state index in [2.05, 4.69) is 0 Å². The number of amides is 1. The lowest BCUT2D eigenvalue weighted by Crippen LogP contribution is -2.48. The standard InChI is InChI=1S/C13H13F2NO3/c14-8-4-5-9(10(15)7-8)12(17)16-6-2-1-3-11(16)13(18)19/h4-5,7,11H,1-3,6H2,(H,18,19)/t11-/m1/s1. The molecule has 1 amide bonds. The molecule has 4 nitrogen and oxygen atoms in total. The highest BCUT2D eigenvalue weighted by molar-refractivity contribution is 5.97. The molecule has 19 heavy (non-hydrogen) atoms. The van der Waals surface area contributed by atoms with Crippen LogP contribution in [0.2, 0.25) is 0 Å². The number of carboxylic acid groups (broad SMARTS) is 1. The van der Waals surface area contributed by atoms with Gasteiger partial charge in [0.2, 0.25) is 0 Å². The molecule has 6 heteroatoms. The molecule has 0 aromatic heterocycles. The molecule has 0 radical (unpaired) electrons. The van der Waals surface area contributed by atoms with Gasteiger partial charge < -0.3 is 10.0 Å². The number of aliphatic carboxylic acids is 1. The second kappa shape index (κ2) is 5.34. The smallest absolute Gasteiger partial charge is 0.326 e. The first-order chi connectivity index (χ1) is 9.00. The van der Waals surface area contributed by atoms with Gasteiger partial charge in [0.15, 0.2) is 0 Å². The molecule has 1 aliphatic rings. The molecule has 0 spiro atoms. The Morgan fingerprint density at radius 2 is 2.00 bits per heavy atom. The highest BCUT2D eigenvalue weighted by Gasteiger charge is 2.33. The molecule has 102 valence electrons. The first kappa shape index (κ1) is 13.5. The molecular formula is C13H13F2NO3. The molecule has 1 saturated heterocycles. The lowest BCUT2D eigenvalue weighted by atomic mass is 10.0. The highest BCUT2D eigenvalue weighted by atomic mass is 19.1. The van der Waals surface area contributed by atoms with Gasteiger partial charge in [-0.2, -0.15) is 0 Å². The van der Waals surface area contributed by atoms with Crippen LogP contribution in [0.25, 0.3) is 0 Å². The average Bonchev–Trinajstić information content (AvgIpc) is 2.38. The number of hydrogen-bond donors (Lipinski definition) is 1. The fourth-order valence-electron chi connectivity index (χ4n) is 2.25. The average molecular weight is 269 g/mol. The van der Waals surface area contributed by atoms with Gasteiger partial charge in [-0.1, -0.05) is 0 Å². The van der Waals surface area contributed by atoms with Crippen molar-refractivity contribution < 1.29 is 23.5 Å². The summed E-state index contributed by atoms with van der Waals surface area (Å²) in [5, 5.41) is 9.07. The molecule has 0 aliphatic carbocycles. The Morgan fingerprint density at radius 3 is 2.63 bits per heavy atom. The van der Waals surface area contributed by atoms with E-state index in [1.54, 1.807) is 0 Å². The summed E-state index contributed by atoms with van der Waals surface area (Å²) >= 11 is 0. The van der Waals surface area contributed by atoms with Crippen LogP contribution in [0.4, 0.5) is 8.78 Å². The third kappa shape index (κ3) is 2.72. The van der Waals surface area contributed by atoms with Gasteiger partial charge in [0.1, 0.15) is 17.7 Å². The zero-order valence-corrected chi connectivity index (χ0v) is 10.1. The van der Waals surface area contributed by atoms with Crippen molar-refractivity contribution in [2.45, 2.75) is 25.3 Å². The van der Waals surface area contributed by atoms with Gasteiger partial charge in [-0.05, 0) is 31.4 Å². The van der Waals surface area contributed by atoms with E-state index in [0.717, 1.165) is 17.0 Å². The topological polar surface area (TPSA) is 57.6 Å². The largest absolute Gasteiger partial charge is 0.480 e. The fourth-order valence-corrected chi connectivity index (χ4v) is 2.25. The van der Waals surface area contributed by atoms with Crippen molar-refractivity contribution >= 4 is 11.9 Å². The summed E-state index contributed by atoms with van der Waals surface area (Å²) < 4.78 is 26.3. The number of benzene rings is 1. The number of piperidine rings is 1. The molecule has 1 aromatic carbocycles. The summed E-state index contributed by atoms with van der Waals surface area (Å²) in [6.45, 7) is 0.270. The molecule has 0 saturated carbocycles. The molecule has 1 aliphatic heterocycles. The molecule has 1 atom stereocenters. The second-order valence-electron chi connectivity index (χ2n) is 4.47. The summed E-state index contributed by atoms with van der Waals surface area (Å²) in [5.74, 6) is -3.55. The van der Waals surface area contributed by atoms with Crippen molar-refractivity contribution in [1.29, 1.82) is 0 Å². The molecule has 1 N–H and O–H groups in total. The Labute approximate surface area is 108 Å². The molecule has 0 unspecified atom stereocenters. The van der Waals surface area contributed by atoms with Gasteiger partial charge in [-0.25, -0.2) is 13.6 Å². The van der Waals surface area contributed by atoms with Crippen LogP contribution in [-0.4, -0.2) is 34.5 Å². The van der Waals surface area contributed by atoms with Gasteiger partial charge in [0.05, 0.1) is 5.56 Å². The van der Waals surface area contributed by atoms with E-state index in [0.29, 0.717) is 25.3 Å². The number of carbonyl (C=O) groups is 2. The SMILES string of the molecule is O=C(O)[C@H]1CCCCN1C(=O)c1ccc(F)cc1F. The van der Waals surface area contributed by atoms with Gasteiger partial charge in [-0.3, -0.25) is 4.79 Å². The maximum atomic E-state index is 13.5. The summed E-state index contributed by atoms with van der Waals surface area (Å²) in [6.07, 6.45) is 1.74. The lowest BCUT2D eigenvalue weighted by Gasteiger charge is -2.33. The van der Waals surface area contributed by atoms with E-state index >= 15 is 0 Å². The van der Waals surface area contributed by atoms with Crippen LogP contribution in [0.3, 0.4) is 0 Å². The third-order valence-electron chi connectivity index (χ3n) is 3.21. The van der Waals surface area contributed by atoms with Crippen LogP contribution in [0.5, 0.6) is 0 Å². The monoisotopic (exact) mass is 269 g/mol. The summed E-state index contributed by atoms with van der Waals surface area (Å²) in [6, 6.07) is 1.70. The van der Waals surface area contributed by atoms with Crippen molar-refractivity contribution in [3.63, 3.8) is 0 Å². The highest BCUT2D eigenvalue weighted by Crippen LogP contribution is 2.21. The predicted molar refractivity (Wildman–Crippen MR) is 62.7 cm³/mol. The number of carbonyl (C=O) groups excluding carboxylic acids is 1. The minimum Gasteiger partial charge on any atom is -0.480 e. The van der Waals surface area contributed by atoms with Crippen LogP contribution in [0.15, 0.2) is 18.2 Å². The number of hydrogen-bond acceptors (Lipinski definition) is 2. The Kier molecular flexibility index (Phi) is 3.78. The minimum absolute atomic E-state index is 0.270. The Hall–Kier alpha value is -1.98. The molecule has 2 rings (SSSR count). The molecule has 1 heterocycles. The first-order valence-corrected chi connectivity index (χ1v) is 5.99. The number of nitrogens with zero attached hydrogens (tertiary/aromatic N) is 1. The van der Waals surface area contributed by atoms with Crippen molar-refractivity contribution in [3.05, 3.63) is 35.4 Å². The number of halogens is 2. The zero-order valence-electron chi connectivity index (χ0n) is 10.1. The quantitative estimate of drug-likeness (QED) is 0.893. The van der Waals surface area contributed by atoms with Gasteiger partial charge >= 0.3 is 5.97 Å². The van der Waals surface area contributed by atoms with Crippen molar-refractivity contribution in [3.8, 4) is 0 Å². The van der Waals surface area contributed by atoms with E-state index in [4.69, 9.17) is 5.11 Å². The Bertz CT molecular complexity index is 519. The normalized spacial score (nSPS) is 19.3. The van der Waals surface area contributed by atoms with E-state index in [9.17, 15) is 18.4 Å². The third-order valence-corrected chi connectivity index (χ3v) is 3.21. The summed E-state index contributed by atoms with van der Waals surface area (Å²) in [5.41, 5.74) is -0.297. The van der Waals surface area contributed by atoms with E-state index in [-0.39, 0.29) is 12.1 Å². The molecule has 1 aromatic rings. The molecular weight excluding hydrogens is 256 g/mol. The van der Waals surface area contributed by atoms with Crippen LogP contribution < -0.4 is 0 Å². The second-order valence-corrected chi connectivity index (χ2v) is 4.47. The lowest BCUT2D eigenvalue weighted by molar-refractivity contribution is -0.143. The van der Waals surface area contributed by atoms with Crippen LogP contribution >= 0.6 is 0 Å². The Balaban J connectivity index is 2.28. The van der Waals surface area contributed by atoms with Crippen LogP contribution in [0.1, 0.15) is 29.6 Å². The van der Waals surface area contributed by atoms with Crippen LogP contribution in [-0.2, 0) is 4.79 Å². The summed E-state index contributed by atoms with van der Waals surface area (Å²) in [7, 11) is 0. The maximum Gasteiger partial charge on any atom is 0.326 e. The van der Waals surface area contributed by atoms with Gasteiger partial charge in [0, 0.05) is 12.6 Å². The maximum absolute atomic E-state index is 13.5. The van der Waals surface area contributed by atoms with Gasteiger partial charge in [0.25, 0.3) is 5.91 Å². The van der Waals surface area contributed by atoms with E-state index in [1.807, 2.05) is 0 Å². The predicted octanol–water partition coefficient (Wildman–Crippen LogP) is 2.04. The fraction of sp³-hybridized carbons (Fsp3) is 0.385. The minimum atomic E-state index is -1.10. The van der Waals surface area contributed by atoms with E-state index < -0.39 is 29.6 Å². The molecule has 0 bridgehead atoms. The molecule has 1 fully saturated rings. The first-order valence-electron chi connectivity index (χ1n) is 5.99. The van der Waals surface area contributed by atoms with Crippen LogP contribution in [0, 0.1) is 11.6 Å². The van der Waals surface area contributed by atoms with Gasteiger partial charge in [-0.15, -0.1) is 0 Å². The van der Waals surface area contributed by atoms with Crippen molar-refractivity contribution in [2.24, 2.45) is 0 Å². The number of rotatable bonds is 2. The number of carboxylic acids is 1. The van der Waals surface area contributed by atoms with E-state index in [1.165, 1.54) is 0 Å². The summed E-state index contributed by atoms with van der Waals surface area (Å²) in [4.78, 5) is 24.4. The Morgan fingerprint density at radius 1 is 1.26 bits per heavy atom. The van der Waals surface area contributed by atoms with Crippen molar-refractivity contribution in [2.75, 3.05) is 6.54 Å². The number of likely N-dealkylation sites (tertiary alicyclic amines) is 1. The zero-order chi connectivity index (χ0) is 14.0.